The van der Waals surface area contributed by atoms with Gasteiger partial charge in [0.15, 0.2) is 0 Å². The first-order chi connectivity index (χ1) is 14.3. The van der Waals surface area contributed by atoms with Crippen LogP contribution in [0.1, 0.15) is 31.2 Å². The van der Waals surface area contributed by atoms with Crippen LogP contribution in [0.25, 0.3) is 6.08 Å². The zero-order valence-corrected chi connectivity index (χ0v) is 17.6. The fourth-order valence-corrected chi connectivity index (χ4v) is 5.64. The Balaban J connectivity index is 1.36. The highest BCUT2D eigenvalue weighted by molar-refractivity contribution is 8.18. The first kappa shape index (κ1) is 20.9. The molecule has 0 radical (unpaired) electrons. The van der Waals surface area contributed by atoms with Gasteiger partial charge in [-0.05, 0) is 60.6 Å². The van der Waals surface area contributed by atoms with Crippen LogP contribution >= 0.6 is 23.4 Å². The van der Waals surface area contributed by atoms with E-state index in [1.165, 1.54) is 24.6 Å². The number of rotatable bonds is 6. The summed E-state index contributed by atoms with van der Waals surface area (Å²) in [5.74, 6) is 0.730. The molecule has 3 fully saturated rings. The van der Waals surface area contributed by atoms with Gasteiger partial charge in [0.1, 0.15) is 5.02 Å². The minimum atomic E-state index is -0.607. The molecule has 158 valence electrons. The predicted molar refractivity (Wildman–Crippen MR) is 113 cm³/mol. The van der Waals surface area contributed by atoms with Gasteiger partial charge in [-0.3, -0.25) is 29.4 Å². The van der Waals surface area contributed by atoms with Crippen molar-refractivity contribution in [3.05, 3.63) is 43.8 Å². The molecule has 3 amide bonds. The SMILES string of the molecule is O=C(NCCN1C(=O)S/C(=C\c2ccc(Cl)c([N+](=O)[O-])c2)C1=O)C1CC2CCC1C2. The molecule has 10 heteroatoms. The summed E-state index contributed by atoms with van der Waals surface area (Å²) in [6.07, 6.45) is 5.83. The Kier molecular flexibility index (Phi) is 5.84. The van der Waals surface area contributed by atoms with Crippen molar-refractivity contribution in [2.24, 2.45) is 17.8 Å². The summed E-state index contributed by atoms with van der Waals surface area (Å²) in [4.78, 5) is 48.9. The lowest BCUT2D eigenvalue weighted by molar-refractivity contribution is -0.384. The van der Waals surface area contributed by atoms with Crippen LogP contribution in [0.4, 0.5) is 10.5 Å². The molecule has 3 unspecified atom stereocenters. The summed E-state index contributed by atoms with van der Waals surface area (Å²) >= 11 is 6.57. The molecule has 1 aliphatic heterocycles. The van der Waals surface area contributed by atoms with Crippen LogP contribution in [0.15, 0.2) is 23.1 Å². The number of carbonyl (C=O) groups is 3. The smallest absolute Gasteiger partial charge is 0.293 e. The topological polar surface area (TPSA) is 110 Å². The van der Waals surface area contributed by atoms with Crippen molar-refractivity contribution in [2.45, 2.75) is 25.7 Å². The molecule has 1 saturated heterocycles. The van der Waals surface area contributed by atoms with Crippen LogP contribution in [-0.2, 0) is 9.59 Å². The zero-order valence-electron chi connectivity index (χ0n) is 16.0. The van der Waals surface area contributed by atoms with Crippen LogP contribution in [0.5, 0.6) is 0 Å². The number of amides is 3. The maximum atomic E-state index is 12.6. The van der Waals surface area contributed by atoms with E-state index in [-0.39, 0.29) is 40.5 Å². The number of fused-ring (bicyclic) bond motifs is 2. The molecule has 30 heavy (non-hydrogen) atoms. The monoisotopic (exact) mass is 449 g/mol. The summed E-state index contributed by atoms with van der Waals surface area (Å²) in [6.45, 7) is 0.305. The van der Waals surface area contributed by atoms with Gasteiger partial charge in [0.2, 0.25) is 5.91 Å². The highest BCUT2D eigenvalue weighted by Crippen LogP contribution is 2.48. The van der Waals surface area contributed by atoms with Crippen molar-refractivity contribution < 1.29 is 19.3 Å². The van der Waals surface area contributed by atoms with E-state index in [0.29, 0.717) is 17.4 Å². The molecule has 1 N–H and O–H groups in total. The lowest BCUT2D eigenvalue weighted by Crippen LogP contribution is -2.40. The maximum absolute atomic E-state index is 12.6. The number of carbonyl (C=O) groups excluding carboxylic acids is 3. The van der Waals surface area contributed by atoms with Gasteiger partial charge >= 0.3 is 0 Å². The van der Waals surface area contributed by atoms with Crippen LogP contribution in [0.2, 0.25) is 5.02 Å². The van der Waals surface area contributed by atoms with Gasteiger partial charge in [-0.1, -0.05) is 24.1 Å². The minimum absolute atomic E-state index is 0.00326. The quantitative estimate of drug-likeness (QED) is 0.401. The second kappa shape index (κ2) is 8.39. The standard InChI is InChI=1S/C20H20ClN3O5S/c21-15-4-2-12(9-16(15)24(28)29)10-17-19(26)23(20(27)30-17)6-5-22-18(25)14-8-11-1-3-13(14)7-11/h2,4,9-11,13-14H,1,3,5-8H2,(H,22,25)/b17-10-. The molecule has 2 saturated carbocycles. The first-order valence-electron chi connectivity index (χ1n) is 9.80. The number of imide groups is 1. The van der Waals surface area contributed by atoms with Gasteiger partial charge in [-0.2, -0.15) is 0 Å². The average molecular weight is 450 g/mol. The van der Waals surface area contributed by atoms with Gasteiger partial charge in [-0.25, -0.2) is 0 Å². The van der Waals surface area contributed by atoms with Gasteiger partial charge in [0.05, 0.1) is 9.83 Å². The second-order valence-electron chi connectivity index (χ2n) is 7.87. The third kappa shape index (κ3) is 4.09. The van der Waals surface area contributed by atoms with Crippen molar-refractivity contribution in [3.63, 3.8) is 0 Å². The Hall–Kier alpha value is -2.39. The highest BCUT2D eigenvalue weighted by atomic mass is 35.5. The van der Waals surface area contributed by atoms with Crippen molar-refractivity contribution in [1.29, 1.82) is 0 Å². The largest absolute Gasteiger partial charge is 0.354 e. The predicted octanol–water partition coefficient (Wildman–Crippen LogP) is 3.84. The van der Waals surface area contributed by atoms with Crippen LogP contribution in [-0.4, -0.2) is 40.0 Å². The number of halogens is 1. The fourth-order valence-electron chi connectivity index (χ4n) is 4.59. The minimum Gasteiger partial charge on any atom is -0.354 e. The summed E-state index contributed by atoms with van der Waals surface area (Å²) in [5, 5.41) is 13.5. The third-order valence-electron chi connectivity index (χ3n) is 6.05. The molecular weight excluding hydrogens is 430 g/mol. The van der Waals surface area contributed by atoms with E-state index < -0.39 is 16.1 Å². The molecule has 0 spiro atoms. The van der Waals surface area contributed by atoms with Gasteiger partial charge in [-0.15, -0.1) is 0 Å². The average Bonchev–Trinajstić information content (AvgIpc) is 3.40. The molecule has 3 atom stereocenters. The molecule has 2 aliphatic carbocycles. The number of thioether (sulfide) groups is 1. The molecule has 3 aliphatic rings. The zero-order chi connectivity index (χ0) is 21.4. The second-order valence-corrected chi connectivity index (χ2v) is 9.27. The van der Waals surface area contributed by atoms with Crippen molar-refractivity contribution >= 4 is 52.2 Å². The third-order valence-corrected chi connectivity index (χ3v) is 7.27. The fraction of sp³-hybridized carbons (Fsp3) is 0.450. The Morgan fingerprint density at radius 2 is 2.13 bits per heavy atom. The van der Waals surface area contributed by atoms with E-state index in [9.17, 15) is 24.5 Å². The van der Waals surface area contributed by atoms with E-state index in [4.69, 9.17) is 11.6 Å². The Bertz CT molecular complexity index is 966. The molecule has 8 nitrogen and oxygen atoms in total. The molecular formula is C20H20ClN3O5S. The van der Waals surface area contributed by atoms with Crippen molar-refractivity contribution in [2.75, 3.05) is 13.1 Å². The van der Waals surface area contributed by atoms with Gasteiger partial charge in [0, 0.05) is 25.1 Å². The van der Waals surface area contributed by atoms with Crippen molar-refractivity contribution in [1.82, 2.24) is 10.2 Å². The molecule has 1 aromatic rings. The van der Waals surface area contributed by atoms with Crippen molar-refractivity contribution in [3.8, 4) is 0 Å². The number of nitro benzene ring substituents is 1. The molecule has 0 aromatic heterocycles. The van der Waals surface area contributed by atoms with E-state index in [1.54, 1.807) is 6.07 Å². The van der Waals surface area contributed by atoms with E-state index in [2.05, 4.69) is 5.32 Å². The van der Waals surface area contributed by atoms with Crippen LogP contribution in [0, 0.1) is 27.9 Å². The Labute approximate surface area is 182 Å². The van der Waals surface area contributed by atoms with E-state index in [0.717, 1.165) is 35.9 Å². The molecule has 1 heterocycles. The van der Waals surface area contributed by atoms with E-state index >= 15 is 0 Å². The highest BCUT2D eigenvalue weighted by Gasteiger charge is 2.43. The maximum Gasteiger partial charge on any atom is 0.293 e. The number of nitrogens with one attached hydrogen (secondary N) is 1. The number of benzene rings is 1. The summed E-state index contributed by atoms with van der Waals surface area (Å²) < 4.78 is 0. The molecule has 4 rings (SSSR count). The lowest BCUT2D eigenvalue weighted by atomic mass is 9.88. The summed E-state index contributed by atoms with van der Waals surface area (Å²) in [7, 11) is 0. The number of nitrogens with zero attached hydrogens (tertiary/aromatic N) is 2. The van der Waals surface area contributed by atoms with Crippen LogP contribution in [0.3, 0.4) is 0 Å². The van der Waals surface area contributed by atoms with Crippen LogP contribution < -0.4 is 5.32 Å². The Morgan fingerprint density at radius 1 is 1.33 bits per heavy atom. The summed E-state index contributed by atoms with van der Waals surface area (Å²) in [6, 6.07) is 4.17. The Morgan fingerprint density at radius 3 is 2.80 bits per heavy atom. The normalized spacial score (nSPS) is 26.6. The number of nitro groups is 1. The molecule has 1 aromatic carbocycles. The van der Waals surface area contributed by atoms with Gasteiger partial charge < -0.3 is 5.32 Å². The lowest BCUT2D eigenvalue weighted by Gasteiger charge is -2.21. The number of hydrogen-bond acceptors (Lipinski definition) is 6. The first-order valence-corrected chi connectivity index (χ1v) is 11.0. The summed E-state index contributed by atoms with van der Waals surface area (Å²) in [5.41, 5.74) is 0.133. The molecule has 2 bridgehead atoms. The number of hydrogen-bond donors (Lipinski definition) is 1. The van der Waals surface area contributed by atoms with Gasteiger partial charge in [0.25, 0.3) is 16.8 Å². The van der Waals surface area contributed by atoms with E-state index in [1.807, 2.05) is 0 Å².